The third-order valence-electron chi connectivity index (χ3n) is 5.37. The fourth-order valence-corrected chi connectivity index (χ4v) is 3.70. The summed E-state index contributed by atoms with van der Waals surface area (Å²) in [6.07, 6.45) is 3.59. The Labute approximate surface area is 171 Å². The zero-order chi connectivity index (χ0) is 20.9. The lowest BCUT2D eigenvalue weighted by Crippen LogP contribution is -2.49. The Morgan fingerprint density at radius 2 is 1.97 bits per heavy atom. The van der Waals surface area contributed by atoms with Crippen LogP contribution in [0.1, 0.15) is 37.8 Å². The number of hydrogen-bond donors (Lipinski definition) is 2. The number of nitriles is 2. The van der Waals surface area contributed by atoms with Gasteiger partial charge in [0.1, 0.15) is 6.04 Å². The zero-order valence-electron chi connectivity index (χ0n) is 17.0. The van der Waals surface area contributed by atoms with Gasteiger partial charge in [0, 0.05) is 25.2 Å². The number of fused-ring (bicyclic) bond motifs is 1. The standard InChI is InChI=1S/C21H27N7O/c1-21(2,26-11-19(29)28-9-5-8-18(28)10-22)14-24-20(25-15-23)27-12-16-6-3-4-7-17(16)13-27/h3-4,6-7,18,26H,5,8-9,11-14H2,1-2H3,(H,24,25)/t18-/m0/s1. The summed E-state index contributed by atoms with van der Waals surface area (Å²) in [5, 5.41) is 24.2. The highest BCUT2D eigenvalue weighted by Crippen LogP contribution is 2.22. The van der Waals surface area contributed by atoms with Crippen LogP contribution in [0.25, 0.3) is 0 Å². The highest BCUT2D eigenvalue weighted by atomic mass is 16.2. The number of aliphatic imine (C=N–C) groups is 1. The van der Waals surface area contributed by atoms with Crippen molar-refractivity contribution in [1.29, 1.82) is 10.5 Å². The van der Waals surface area contributed by atoms with Gasteiger partial charge >= 0.3 is 0 Å². The van der Waals surface area contributed by atoms with E-state index in [1.54, 1.807) is 4.90 Å². The number of likely N-dealkylation sites (tertiary alicyclic amines) is 1. The second-order valence-electron chi connectivity index (χ2n) is 8.11. The number of guanidine groups is 1. The van der Waals surface area contributed by atoms with Gasteiger partial charge in [0.25, 0.3) is 0 Å². The maximum absolute atomic E-state index is 12.4. The maximum Gasteiger partial charge on any atom is 0.237 e. The third-order valence-corrected chi connectivity index (χ3v) is 5.37. The fraction of sp³-hybridized carbons (Fsp3) is 0.524. The molecule has 152 valence electrons. The third kappa shape index (κ3) is 5.04. The van der Waals surface area contributed by atoms with Gasteiger partial charge in [0.05, 0.1) is 19.2 Å². The van der Waals surface area contributed by atoms with Crippen LogP contribution < -0.4 is 10.6 Å². The summed E-state index contributed by atoms with van der Waals surface area (Å²) in [6, 6.07) is 10.1. The van der Waals surface area contributed by atoms with Crippen molar-refractivity contribution in [3.05, 3.63) is 35.4 Å². The lowest BCUT2D eigenvalue weighted by molar-refractivity contribution is -0.130. The maximum atomic E-state index is 12.4. The molecule has 1 amide bonds. The Hall–Kier alpha value is -3.10. The molecule has 1 fully saturated rings. The minimum absolute atomic E-state index is 0.0588. The average molecular weight is 393 g/mol. The van der Waals surface area contributed by atoms with Gasteiger partial charge in [0.2, 0.25) is 11.9 Å². The Balaban J connectivity index is 1.58. The van der Waals surface area contributed by atoms with E-state index in [0.717, 1.165) is 12.8 Å². The number of nitrogens with one attached hydrogen (secondary N) is 2. The van der Waals surface area contributed by atoms with Gasteiger partial charge < -0.3 is 15.1 Å². The summed E-state index contributed by atoms with van der Waals surface area (Å²) < 4.78 is 0. The van der Waals surface area contributed by atoms with E-state index in [-0.39, 0.29) is 18.5 Å². The molecule has 1 aromatic carbocycles. The molecule has 2 aliphatic heterocycles. The molecule has 0 aliphatic carbocycles. The average Bonchev–Trinajstić information content (AvgIpc) is 3.35. The molecule has 0 unspecified atom stereocenters. The van der Waals surface area contributed by atoms with E-state index in [1.165, 1.54) is 11.1 Å². The van der Waals surface area contributed by atoms with Gasteiger partial charge in [-0.25, -0.2) is 0 Å². The van der Waals surface area contributed by atoms with E-state index in [9.17, 15) is 4.79 Å². The summed E-state index contributed by atoms with van der Waals surface area (Å²) in [6.45, 7) is 6.57. The van der Waals surface area contributed by atoms with Crippen molar-refractivity contribution < 1.29 is 4.79 Å². The van der Waals surface area contributed by atoms with Crippen LogP contribution in [0.15, 0.2) is 29.3 Å². The van der Waals surface area contributed by atoms with Crippen molar-refractivity contribution in [1.82, 2.24) is 20.4 Å². The van der Waals surface area contributed by atoms with Crippen LogP contribution >= 0.6 is 0 Å². The highest BCUT2D eigenvalue weighted by Gasteiger charge is 2.29. The lowest BCUT2D eigenvalue weighted by atomic mass is 10.1. The smallest absolute Gasteiger partial charge is 0.237 e. The highest BCUT2D eigenvalue weighted by molar-refractivity contribution is 5.82. The Morgan fingerprint density at radius 1 is 1.28 bits per heavy atom. The first-order valence-electron chi connectivity index (χ1n) is 9.89. The number of amides is 1. The predicted octanol–water partition coefficient (Wildman–Crippen LogP) is 1.31. The molecule has 1 aromatic rings. The van der Waals surface area contributed by atoms with E-state index in [4.69, 9.17) is 10.5 Å². The monoisotopic (exact) mass is 393 g/mol. The number of nitrogens with zero attached hydrogens (tertiary/aromatic N) is 5. The Kier molecular flexibility index (Phi) is 6.36. The van der Waals surface area contributed by atoms with Crippen LogP contribution in [0.5, 0.6) is 0 Å². The first-order valence-corrected chi connectivity index (χ1v) is 9.89. The molecule has 8 nitrogen and oxygen atoms in total. The van der Waals surface area contributed by atoms with Crippen molar-refractivity contribution in [2.75, 3.05) is 19.6 Å². The van der Waals surface area contributed by atoms with Crippen molar-refractivity contribution in [2.45, 2.75) is 51.4 Å². The van der Waals surface area contributed by atoms with Crippen LogP contribution in [0.3, 0.4) is 0 Å². The van der Waals surface area contributed by atoms with Crippen molar-refractivity contribution in [3.8, 4) is 12.3 Å². The van der Waals surface area contributed by atoms with E-state index in [1.807, 2.05) is 37.1 Å². The lowest BCUT2D eigenvalue weighted by Gasteiger charge is -2.27. The van der Waals surface area contributed by atoms with Crippen LogP contribution in [-0.2, 0) is 17.9 Å². The summed E-state index contributed by atoms with van der Waals surface area (Å²) in [5.74, 6) is 0.477. The van der Waals surface area contributed by atoms with Crippen LogP contribution in [0, 0.1) is 22.8 Å². The number of benzene rings is 1. The Bertz CT molecular complexity index is 840. The largest absolute Gasteiger partial charge is 0.333 e. The van der Waals surface area contributed by atoms with Gasteiger partial charge in [-0.05, 0) is 37.8 Å². The minimum atomic E-state index is -0.438. The van der Waals surface area contributed by atoms with Gasteiger partial charge in [0.15, 0.2) is 6.19 Å². The molecule has 2 aliphatic rings. The molecule has 2 heterocycles. The molecule has 2 N–H and O–H groups in total. The second-order valence-corrected chi connectivity index (χ2v) is 8.11. The first kappa shape index (κ1) is 20.6. The van der Waals surface area contributed by atoms with Crippen LogP contribution in [-0.4, -0.2) is 52.9 Å². The van der Waals surface area contributed by atoms with E-state index in [0.29, 0.717) is 32.1 Å². The zero-order valence-corrected chi connectivity index (χ0v) is 17.0. The molecule has 0 bridgehead atoms. The van der Waals surface area contributed by atoms with E-state index >= 15 is 0 Å². The normalized spacial score (nSPS) is 18.9. The summed E-state index contributed by atoms with van der Waals surface area (Å²) in [7, 11) is 0. The summed E-state index contributed by atoms with van der Waals surface area (Å²) >= 11 is 0. The molecule has 8 heteroatoms. The molecule has 29 heavy (non-hydrogen) atoms. The van der Waals surface area contributed by atoms with Crippen molar-refractivity contribution in [3.63, 3.8) is 0 Å². The molecule has 0 radical (unpaired) electrons. The Morgan fingerprint density at radius 3 is 2.59 bits per heavy atom. The molecule has 0 aromatic heterocycles. The molecular weight excluding hydrogens is 366 g/mol. The molecule has 3 rings (SSSR count). The minimum Gasteiger partial charge on any atom is -0.333 e. The van der Waals surface area contributed by atoms with Gasteiger partial charge in [-0.1, -0.05) is 24.3 Å². The van der Waals surface area contributed by atoms with Gasteiger partial charge in [-0.15, -0.1) is 0 Å². The molecular formula is C21H27N7O. The fourth-order valence-electron chi connectivity index (χ4n) is 3.70. The summed E-state index contributed by atoms with van der Waals surface area (Å²) in [4.78, 5) is 20.8. The van der Waals surface area contributed by atoms with E-state index < -0.39 is 5.54 Å². The number of carbonyl (C=O) groups is 1. The number of hydrogen-bond acceptors (Lipinski definition) is 5. The van der Waals surface area contributed by atoms with Crippen LogP contribution in [0.2, 0.25) is 0 Å². The van der Waals surface area contributed by atoms with Crippen molar-refractivity contribution >= 4 is 11.9 Å². The predicted molar refractivity (Wildman–Crippen MR) is 109 cm³/mol. The number of rotatable bonds is 5. The van der Waals surface area contributed by atoms with Gasteiger partial charge in [-0.2, -0.15) is 10.5 Å². The van der Waals surface area contributed by atoms with E-state index in [2.05, 4.69) is 33.8 Å². The number of carbonyl (C=O) groups excluding carboxylic acids is 1. The van der Waals surface area contributed by atoms with Crippen molar-refractivity contribution in [2.24, 2.45) is 4.99 Å². The molecule has 1 atom stereocenters. The summed E-state index contributed by atoms with van der Waals surface area (Å²) in [5.41, 5.74) is 2.04. The quantitative estimate of drug-likeness (QED) is 0.338. The van der Waals surface area contributed by atoms with Gasteiger partial charge in [-0.3, -0.25) is 15.1 Å². The second kappa shape index (κ2) is 8.93. The molecule has 0 saturated carbocycles. The van der Waals surface area contributed by atoms with Crippen LogP contribution in [0.4, 0.5) is 0 Å². The molecule has 0 spiro atoms. The molecule has 1 saturated heterocycles. The SMILES string of the molecule is CC(C)(CN=C(NC#N)N1Cc2ccccc2C1)NCC(=O)N1CCC[C@H]1C#N. The first-order chi connectivity index (χ1) is 13.9. The topological polar surface area (TPSA) is 108 Å².